The first kappa shape index (κ1) is 19.6. The van der Waals surface area contributed by atoms with Gasteiger partial charge in [-0.1, -0.05) is 6.92 Å². The molecular weight excluding hydrogens is 389 g/mol. The second kappa shape index (κ2) is 7.97. The van der Waals surface area contributed by atoms with Crippen LogP contribution in [0.4, 0.5) is 4.39 Å². The second-order valence-electron chi connectivity index (χ2n) is 7.08. The summed E-state index contributed by atoms with van der Waals surface area (Å²) in [5.41, 5.74) is 1.38. The average Bonchev–Trinajstić information content (AvgIpc) is 3.39. The summed E-state index contributed by atoms with van der Waals surface area (Å²) in [4.78, 5) is 19.0. The number of carbonyl (C=O) groups is 1. The maximum absolute atomic E-state index is 14.4. The molecule has 154 valence electrons. The molecule has 0 aliphatic heterocycles. The molecule has 30 heavy (non-hydrogen) atoms. The number of benzene rings is 1. The van der Waals surface area contributed by atoms with Gasteiger partial charge in [-0.25, -0.2) is 9.37 Å². The van der Waals surface area contributed by atoms with Crippen LogP contribution >= 0.6 is 0 Å². The number of hydrogen-bond acceptors (Lipinski definition) is 7. The van der Waals surface area contributed by atoms with Crippen molar-refractivity contribution in [1.82, 2.24) is 34.7 Å². The molecule has 0 fully saturated rings. The maximum Gasteiger partial charge on any atom is 0.254 e. The summed E-state index contributed by atoms with van der Waals surface area (Å²) >= 11 is 0. The Hall–Kier alpha value is -3.69. The number of fused-ring (bicyclic) bond motifs is 1. The molecule has 9 nitrogen and oxygen atoms in total. The van der Waals surface area contributed by atoms with Gasteiger partial charge in [0.25, 0.3) is 11.7 Å². The summed E-state index contributed by atoms with van der Waals surface area (Å²) in [7, 11) is 0. The molecule has 0 saturated heterocycles. The molecule has 0 radical (unpaired) electrons. The zero-order valence-electron chi connectivity index (χ0n) is 16.8. The van der Waals surface area contributed by atoms with Gasteiger partial charge in [-0.3, -0.25) is 9.20 Å². The smallest absolute Gasteiger partial charge is 0.254 e. The number of halogens is 1. The summed E-state index contributed by atoms with van der Waals surface area (Å²) in [6.45, 7) is 5.80. The third-order valence-corrected chi connectivity index (χ3v) is 4.63. The zero-order valence-corrected chi connectivity index (χ0v) is 16.8. The molecular formula is C20H20FN7O2. The molecule has 0 spiro atoms. The Morgan fingerprint density at radius 2 is 1.97 bits per heavy atom. The lowest BCUT2D eigenvalue weighted by Crippen LogP contribution is -2.36. The Morgan fingerprint density at radius 3 is 2.70 bits per heavy atom. The molecule has 0 aliphatic carbocycles. The summed E-state index contributed by atoms with van der Waals surface area (Å²) in [5, 5.41) is 15.6. The zero-order chi connectivity index (χ0) is 21.3. The van der Waals surface area contributed by atoms with Gasteiger partial charge in [0.1, 0.15) is 12.1 Å². The predicted octanol–water partition coefficient (Wildman–Crippen LogP) is 2.93. The van der Waals surface area contributed by atoms with Crippen LogP contribution in [0.5, 0.6) is 0 Å². The Morgan fingerprint density at radius 1 is 1.17 bits per heavy atom. The minimum absolute atomic E-state index is 0.142. The Labute approximate surface area is 171 Å². The highest BCUT2D eigenvalue weighted by Crippen LogP contribution is 2.23. The lowest BCUT2D eigenvalue weighted by Gasteiger charge is -2.25. The SMILES string of the molecule is CCc1nnc(CN(C(=O)c2cc(F)cc(-c3cnc4nncn4c3)c2)C(C)C)o1. The van der Waals surface area contributed by atoms with Crippen molar-refractivity contribution in [3.05, 3.63) is 60.1 Å². The minimum atomic E-state index is -0.519. The molecule has 1 amide bonds. The van der Waals surface area contributed by atoms with E-state index in [-0.39, 0.29) is 24.1 Å². The second-order valence-corrected chi connectivity index (χ2v) is 7.08. The van der Waals surface area contributed by atoms with E-state index in [1.807, 2.05) is 20.8 Å². The van der Waals surface area contributed by atoms with Crippen molar-refractivity contribution in [3.63, 3.8) is 0 Å². The Bertz CT molecular complexity index is 1200. The van der Waals surface area contributed by atoms with Crippen LogP contribution in [0, 0.1) is 5.82 Å². The van der Waals surface area contributed by atoms with Crippen molar-refractivity contribution in [1.29, 1.82) is 0 Å². The van der Waals surface area contributed by atoms with Crippen molar-refractivity contribution < 1.29 is 13.6 Å². The van der Waals surface area contributed by atoms with Gasteiger partial charge in [0.05, 0.1) is 6.54 Å². The fraction of sp³-hybridized carbons (Fsp3) is 0.300. The summed E-state index contributed by atoms with van der Waals surface area (Å²) in [6.07, 6.45) is 5.42. The summed E-state index contributed by atoms with van der Waals surface area (Å²) in [5.74, 6) is 0.428. The van der Waals surface area contributed by atoms with E-state index in [1.165, 1.54) is 18.5 Å². The Balaban J connectivity index is 1.66. The molecule has 0 unspecified atom stereocenters. The van der Waals surface area contributed by atoms with E-state index in [1.54, 1.807) is 27.8 Å². The van der Waals surface area contributed by atoms with Crippen LogP contribution in [0.3, 0.4) is 0 Å². The lowest BCUT2D eigenvalue weighted by atomic mass is 10.0. The van der Waals surface area contributed by atoms with Crippen LogP contribution in [0.1, 0.15) is 42.9 Å². The van der Waals surface area contributed by atoms with E-state index in [0.29, 0.717) is 35.1 Å². The Kier molecular flexibility index (Phi) is 5.21. The minimum Gasteiger partial charge on any atom is -0.423 e. The van der Waals surface area contributed by atoms with Crippen molar-refractivity contribution in [2.45, 2.75) is 39.8 Å². The largest absolute Gasteiger partial charge is 0.423 e. The highest BCUT2D eigenvalue weighted by molar-refractivity contribution is 5.95. The molecule has 4 aromatic rings. The summed E-state index contributed by atoms with van der Waals surface area (Å²) in [6, 6.07) is 4.06. The molecule has 10 heteroatoms. The van der Waals surface area contributed by atoms with Gasteiger partial charge >= 0.3 is 0 Å². The fourth-order valence-corrected chi connectivity index (χ4v) is 3.05. The number of nitrogens with zero attached hydrogens (tertiary/aromatic N) is 7. The van der Waals surface area contributed by atoms with Gasteiger partial charge in [-0.2, -0.15) is 0 Å². The molecule has 1 aromatic carbocycles. The van der Waals surface area contributed by atoms with Crippen LogP contribution in [-0.2, 0) is 13.0 Å². The highest BCUT2D eigenvalue weighted by atomic mass is 19.1. The van der Waals surface area contributed by atoms with Gasteiger partial charge < -0.3 is 9.32 Å². The van der Waals surface area contributed by atoms with Crippen LogP contribution in [0.2, 0.25) is 0 Å². The standard InChI is InChI=1S/C20H20FN7O2/c1-4-17-24-25-18(30-17)10-28(12(2)3)19(29)14-5-13(6-16(21)7-14)15-8-22-20-26-23-11-27(20)9-15/h5-9,11-12H,4,10H2,1-3H3. The first-order chi connectivity index (χ1) is 14.4. The monoisotopic (exact) mass is 409 g/mol. The molecule has 4 rings (SSSR count). The number of carbonyl (C=O) groups excluding carboxylic acids is 1. The van der Waals surface area contributed by atoms with Crippen LogP contribution in [0.15, 0.2) is 41.3 Å². The van der Waals surface area contributed by atoms with Gasteiger partial charge in [0.15, 0.2) is 0 Å². The molecule has 0 atom stereocenters. The van der Waals surface area contributed by atoms with Crippen molar-refractivity contribution >= 4 is 11.7 Å². The van der Waals surface area contributed by atoms with E-state index < -0.39 is 5.82 Å². The molecule has 0 aliphatic rings. The van der Waals surface area contributed by atoms with E-state index in [4.69, 9.17) is 4.42 Å². The van der Waals surface area contributed by atoms with E-state index >= 15 is 0 Å². The average molecular weight is 409 g/mol. The van der Waals surface area contributed by atoms with E-state index in [2.05, 4.69) is 25.4 Å². The van der Waals surface area contributed by atoms with Crippen LogP contribution < -0.4 is 0 Å². The molecule has 0 saturated carbocycles. The van der Waals surface area contributed by atoms with Crippen LogP contribution in [-0.4, -0.2) is 46.6 Å². The quantitative estimate of drug-likeness (QED) is 0.482. The lowest BCUT2D eigenvalue weighted by molar-refractivity contribution is 0.0670. The maximum atomic E-state index is 14.4. The molecule has 3 aromatic heterocycles. The number of aryl methyl sites for hydroxylation is 1. The third-order valence-electron chi connectivity index (χ3n) is 4.63. The molecule has 0 N–H and O–H groups in total. The van der Waals surface area contributed by atoms with Crippen LogP contribution in [0.25, 0.3) is 16.9 Å². The number of amides is 1. The topological polar surface area (TPSA) is 102 Å². The first-order valence-electron chi connectivity index (χ1n) is 9.53. The number of rotatable bonds is 6. The van der Waals surface area contributed by atoms with Gasteiger partial charge in [-0.15, -0.1) is 20.4 Å². The van der Waals surface area contributed by atoms with Crippen molar-refractivity contribution in [3.8, 4) is 11.1 Å². The fourth-order valence-electron chi connectivity index (χ4n) is 3.05. The summed E-state index contributed by atoms with van der Waals surface area (Å²) < 4.78 is 21.6. The van der Waals surface area contributed by atoms with Gasteiger partial charge in [0, 0.05) is 36.0 Å². The molecule has 0 bridgehead atoms. The molecule has 3 heterocycles. The first-order valence-corrected chi connectivity index (χ1v) is 9.53. The normalized spacial score (nSPS) is 11.4. The highest BCUT2D eigenvalue weighted by Gasteiger charge is 2.23. The third kappa shape index (κ3) is 3.88. The van der Waals surface area contributed by atoms with E-state index in [9.17, 15) is 9.18 Å². The van der Waals surface area contributed by atoms with Gasteiger partial charge in [0.2, 0.25) is 11.8 Å². The van der Waals surface area contributed by atoms with E-state index in [0.717, 1.165) is 0 Å². The predicted molar refractivity (Wildman–Crippen MR) is 105 cm³/mol. The number of aromatic nitrogens is 6. The van der Waals surface area contributed by atoms with Crippen molar-refractivity contribution in [2.24, 2.45) is 0 Å². The van der Waals surface area contributed by atoms with Crippen molar-refractivity contribution in [2.75, 3.05) is 0 Å². The number of hydrogen-bond donors (Lipinski definition) is 0. The van der Waals surface area contributed by atoms with Gasteiger partial charge in [-0.05, 0) is 37.6 Å².